The van der Waals surface area contributed by atoms with E-state index in [1.54, 1.807) is 11.0 Å². The zero-order chi connectivity index (χ0) is 19.5. The highest BCUT2D eigenvalue weighted by Gasteiger charge is 2.20. The first kappa shape index (κ1) is 18.1. The van der Waals surface area contributed by atoms with Crippen LogP contribution in [0, 0.1) is 0 Å². The van der Waals surface area contributed by atoms with Crippen molar-refractivity contribution in [2.45, 2.75) is 31.8 Å². The fourth-order valence-corrected chi connectivity index (χ4v) is 3.33. The van der Waals surface area contributed by atoms with Crippen LogP contribution >= 0.6 is 0 Å². The number of nitrogens with zero attached hydrogens (tertiary/aromatic N) is 5. The second kappa shape index (κ2) is 7.77. The number of anilines is 1. The molecule has 10 heteroatoms. The lowest BCUT2D eigenvalue weighted by atomic mass is 10.1. The SMILES string of the molecule is CC(Nc1nc(=O)n(C2CCOCC2)c(=O)[nH]1)c1cccc(-n2cncn2)c1. The highest BCUT2D eigenvalue weighted by molar-refractivity contribution is 5.38. The number of rotatable bonds is 5. The molecule has 2 aromatic heterocycles. The van der Waals surface area contributed by atoms with Crippen LogP contribution in [0.25, 0.3) is 5.69 Å². The molecule has 0 spiro atoms. The summed E-state index contributed by atoms with van der Waals surface area (Å²) in [5.41, 5.74) is 0.795. The number of aromatic amines is 1. The molecule has 0 radical (unpaired) electrons. The third kappa shape index (κ3) is 3.72. The van der Waals surface area contributed by atoms with Crippen molar-refractivity contribution < 1.29 is 4.74 Å². The van der Waals surface area contributed by atoms with Crippen molar-refractivity contribution >= 4 is 5.95 Å². The molecule has 2 N–H and O–H groups in total. The number of H-pyrrole nitrogens is 1. The summed E-state index contributed by atoms with van der Waals surface area (Å²) < 4.78 is 8.13. The van der Waals surface area contributed by atoms with Crippen LogP contribution in [0.15, 0.2) is 46.5 Å². The predicted molar refractivity (Wildman–Crippen MR) is 102 cm³/mol. The monoisotopic (exact) mass is 383 g/mol. The van der Waals surface area contributed by atoms with Crippen LogP contribution in [0.3, 0.4) is 0 Å². The molecular weight excluding hydrogens is 362 g/mol. The molecule has 10 nitrogen and oxygen atoms in total. The Labute approximate surface area is 160 Å². The summed E-state index contributed by atoms with van der Waals surface area (Å²) in [7, 11) is 0. The molecule has 1 fully saturated rings. The minimum atomic E-state index is -0.554. The summed E-state index contributed by atoms with van der Waals surface area (Å²) in [4.78, 5) is 35.5. The molecule has 1 atom stereocenters. The minimum absolute atomic E-state index is 0.150. The van der Waals surface area contributed by atoms with Gasteiger partial charge >= 0.3 is 11.4 Å². The third-order valence-electron chi connectivity index (χ3n) is 4.82. The van der Waals surface area contributed by atoms with Gasteiger partial charge in [-0.2, -0.15) is 10.1 Å². The Morgan fingerprint density at radius 3 is 2.82 bits per heavy atom. The molecule has 0 aliphatic carbocycles. The third-order valence-corrected chi connectivity index (χ3v) is 4.82. The lowest BCUT2D eigenvalue weighted by Crippen LogP contribution is -2.42. The van der Waals surface area contributed by atoms with Crippen LogP contribution in [0.2, 0.25) is 0 Å². The zero-order valence-corrected chi connectivity index (χ0v) is 15.4. The van der Waals surface area contributed by atoms with E-state index in [1.807, 2.05) is 31.2 Å². The Morgan fingerprint density at radius 2 is 2.11 bits per heavy atom. The maximum absolute atomic E-state index is 12.5. The average Bonchev–Trinajstić information content (AvgIpc) is 3.23. The Hall–Kier alpha value is -3.27. The molecule has 3 heterocycles. The lowest BCUT2D eigenvalue weighted by Gasteiger charge is -2.23. The van der Waals surface area contributed by atoms with Gasteiger partial charge in [0.15, 0.2) is 0 Å². The van der Waals surface area contributed by atoms with Crippen molar-refractivity contribution in [3.63, 3.8) is 0 Å². The number of ether oxygens (including phenoxy) is 1. The van der Waals surface area contributed by atoms with Crippen molar-refractivity contribution in [2.75, 3.05) is 18.5 Å². The van der Waals surface area contributed by atoms with Crippen molar-refractivity contribution in [3.8, 4) is 5.69 Å². The zero-order valence-electron chi connectivity index (χ0n) is 15.4. The molecule has 4 rings (SSSR count). The summed E-state index contributed by atoms with van der Waals surface area (Å²) >= 11 is 0. The number of hydrogen-bond acceptors (Lipinski definition) is 7. The minimum Gasteiger partial charge on any atom is -0.381 e. The standard InChI is InChI=1S/C18H21N7O3/c1-12(13-3-2-4-15(9-13)24-11-19-10-20-24)21-16-22-17(26)25(18(27)23-16)14-5-7-28-8-6-14/h2-4,9-12,14H,5-8H2,1H3,(H2,21,22,23,26,27). The lowest BCUT2D eigenvalue weighted by molar-refractivity contribution is 0.0670. The van der Waals surface area contributed by atoms with E-state index < -0.39 is 11.4 Å². The van der Waals surface area contributed by atoms with E-state index >= 15 is 0 Å². The Bertz CT molecular complexity index is 1020. The van der Waals surface area contributed by atoms with E-state index in [-0.39, 0.29) is 18.0 Å². The first-order chi connectivity index (χ1) is 13.6. The van der Waals surface area contributed by atoms with Crippen LogP contribution in [-0.4, -0.2) is 42.5 Å². The van der Waals surface area contributed by atoms with Gasteiger partial charge in [-0.3, -0.25) is 4.98 Å². The molecule has 0 bridgehead atoms. The fourth-order valence-electron chi connectivity index (χ4n) is 3.33. The molecular formula is C18H21N7O3. The van der Waals surface area contributed by atoms with Gasteiger partial charge in [-0.05, 0) is 37.5 Å². The second-order valence-electron chi connectivity index (χ2n) is 6.69. The largest absolute Gasteiger partial charge is 0.381 e. The molecule has 1 unspecified atom stereocenters. The average molecular weight is 383 g/mol. The quantitative estimate of drug-likeness (QED) is 0.675. The van der Waals surface area contributed by atoms with Gasteiger partial charge in [-0.15, -0.1) is 0 Å². The Balaban J connectivity index is 1.55. The topological polar surface area (TPSA) is 120 Å². The van der Waals surface area contributed by atoms with Crippen LogP contribution in [0.1, 0.15) is 37.4 Å². The van der Waals surface area contributed by atoms with E-state index in [0.29, 0.717) is 26.1 Å². The first-order valence-corrected chi connectivity index (χ1v) is 9.14. The summed E-state index contributed by atoms with van der Waals surface area (Å²) in [5, 5.41) is 7.21. The fraction of sp³-hybridized carbons (Fsp3) is 0.389. The van der Waals surface area contributed by atoms with Gasteiger partial charge in [0.1, 0.15) is 12.7 Å². The summed E-state index contributed by atoms with van der Waals surface area (Å²) in [5.74, 6) is 0.150. The van der Waals surface area contributed by atoms with Crippen LogP contribution in [-0.2, 0) is 4.74 Å². The smallest absolute Gasteiger partial charge is 0.355 e. The number of benzene rings is 1. The molecule has 28 heavy (non-hydrogen) atoms. The van der Waals surface area contributed by atoms with E-state index in [4.69, 9.17) is 4.74 Å². The van der Waals surface area contributed by atoms with Gasteiger partial charge in [0.2, 0.25) is 5.95 Å². The normalized spacial score (nSPS) is 16.0. The maximum atomic E-state index is 12.5. The highest BCUT2D eigenvalue weighted by Crippen LogP contribution is 2.20. The van der Waals surface area contributed by atoms with Crippen LogP contribution < -0.4 is 16.7 Å². The van der Waals surface area contributed by atoms with Gasteiger partial charge in [0, 0.05) is 19.3 Å². The second-order valence-corrected chi connectivity index (χ2v) is 6.69. The van der Waals surface area contributed by atoms with Crippen molar-refractivity contribution in [1.82, 2.24) is 29.3 Å². The highest BCUT2D eigenvalue weighted by atomic mass is 16.5. The molecule has 3 aromatic rings. The predicted octanol–water partition coefficient (Wildman–Crippen LogP) is 1.04. The summed E-state index contributed by atoms with van der Waals surface area (Å²) in [6.07, 6.45) is 4.34. The molecule has 0 amide bonds. The van der Waals surface area contributed by atoms with E-state index in [0.717, 1.165) is 11.3 Å². The summed E-state index contributed by atoms with van der Waals surface area (Å²) in [6, 6.07) is 7.35. The van der Waals surface area contributed by atoms with Gasteiger partial charge in [-0.25, -0.2) is 23.8 Å². The van der Waals surface area contributed by atoms with E-state index in [2.05, 4.69) is 25.4 Å². The molecule has 1 aromatic carbocycles. The Morgan fingerprint density at radius 1 is 1.29 bits per heavy atom. The number of aromatic nitrogens is 6. The first-order valence-electron chi connectivity index (χ1n) is 9.14. The molecule has 1 saturated heterocycles. The van der Waals surface area contributed by atoms with Gasteiger partial charge in [0.05, 0.1) is 11.7 Å². The van der Waals surface area contributed by atoms with Crippen LogP contribution in [0.4, 0.5) is 5.95 Å². The van der Waals surface area contributed by atoms with E-state index in [1.165, 1.54) is 10.9 Å². The summed E-state index contributed by atoms with van der Waals surface area (Å²) in [6.45, 7) is 3.00. The van der Waals surface area contributed by atoms with Crippen LogP contribution in [0.5, 0.6) is 0 Å². The molecule has 1 aliphatic rings. The number of nitrogens with one attached hydrogen (secondary N) is 2. The molecule has 146 valence electrons. The van der Waals surface area contributed by atoms with Crippen molar-refractivity contribution in [3.05, 3.63) is 63.5 Å². The van der Waals surface area contributed by atoms with Gasteiger partial charge in [0.25, 0.3) is 0 Å². The molecule has 1 aliphatic heterocycles. The van der Waals surface area contributed by atoms with Crippen molar-refractivity contribution in [1.29, 1.82) is 0 Å². The number of hydrogen-bond donors (Lipinski definition) is 2. The van der Waals surface area contributed by atoms with Crippen molar-refractivity contribution in [2.24, 2.45) is 0 Å². The van der Waals surface area contributed by atoms with Gasteiger partial charge < -0.3 is 10.1 Å². The Kier molecular flexibility index (Phi) is 5.02. The van der Waals surface area contributed by atoms with E-state index in [9.17, 15) is 9.59 Å². The van der Waals surface area contributed by atoms with Gasteiger partial charge in [-0.1, -0.05) is 12.1 Å². The maximum Gasteiger partial charge on any atom is 0.355 e. The molecule has 0 saturated carbocycles.